The zero-order valence-electron chi connectivity index (χ0n) is 16.0. The Kier molecular flexibility index (Phi) is 8.17. The number of allylic oxidation sites excluding steroid dienone is 2. The molecule has 0 aliphatic carbocycles. The number of anilines is 1. The van der Waals surface area contributed by atoms with Gasteiger partial charge in [-0.3, -0.25) is 4.79 Å². The minimum atomic E-state index is -0.837. The van der Waals surface area contributed by atoms with Gasteiger partial charge in [0.1, 0.15) is 12.4 Å². The van der Waals surface area contributed by atoms with Crippen LogP contribution >= 0.6 is 0 Å². The predicted molar refractivity (Wildman–Crippen MR) is 110 cm³/mol. The molecule has 2 aromatic carbocycles. The van der Waals surface area contributed by atoms with E-state index in [2.05, 4.69) is 11.0 Å². The van der Waals surface area contributed by atoms with Gasteiger partial charge < -0.3 is 14.7 Å². The first-order valence-corrected chi connectivity index (χ1v) is 9.14. The third-order valence-corrected chi connectivity index (χ3v) is 4.15. The first-order valence-electron chi connectivity index (χ1n) is 9.14. The number of hydrogen-bond donors (Lipinski definition) is 1. The number of carbonyl (C=O) groups is 1. The van der Waals surface area contributed by atoms with Gasteiger partial charge in [-0.25, -0.2) is 0 Å². The van der Waals surface area contributed by atoms with E-state index < -0.39 is 5.97 Å². The van der Waals surface area contributed by atoms with Crippen LogP contribution < -0.4 is 9.64 Å². The van der Waals surface area contributed by atoms with Crippen LogP contribution in [-0.2, 0) is 11.4 Å². The van der Waals surface area contributed by atoms with Crippen molar-refractivity contribution < 1.29 is 14.6 Å². The molecule has 0 heterocycles. The van der Waals surface area contributed by atoms with Crippen LogP contribution in [0.3, 0.4) is 0 Å². The Labute approximate surface area is 161 Å². The van der Waals surface area contributed by atoms with E-state index in [0.717, 1.165) is 35.7 Å². The van der Waals surface area contributed by atoms with Gasteiger partial charge in [-0.05, 0) is 38.0 Å². The molecule has 142 valence electrons. The smallest absolute Gasteiger partial charge is 0.307 e. The van der Waals surface area contributed by atoms with Crippen LogP contribution in [0, 0.1) is 0 Å². The predicted octanol–water partition coefficient (Wildman–Crippen LogP) is 5.42. The Hall–Kier alpha value is -3.01. The molecule has 0 amide bonds. The summed E-state index contributed by atoms with van der Waals surface area (Å²) in [7, 11) is 0. The number of carboxylic acids is 1. The Bertz CT molecular complexity index is 781. The van der Waals surface area contributed by atoms with Crippen LogP contribution in [0.25, 0.3) is 0 Å². The van der Waals surface area contributed by atoms with Crippen LogP contribution in [0.5, 0.6) is 5.75 Å². The van der Waals surface area contributed by atoms with Crippen molar-refractivity contribution in [2.45, 2.75) is 33.3 Å². The van der Waals surface area contributed by atoms with E-state index in [1.807, 2.05) is 74.5 Å². The minimum absolute atomic E-state index is 0.00100. The summed E-state index contributed by atoms with van der Waals surface area (Å²) in [4.78, 5) is 13.1. The Balaban J connectivity index is 2.25. The van der Waals surface area contributed by atoms with Crippen molar-refractivity contribution >= 4 is 11.7 Å². The number of para-hydroxylation sites is 2. The third kappa shape index (κ3) is 6.66. The fourth-order valence-corrected chi connectivity index (χ4v) is 2.74. The van der Waals surface area contributed by atoms with Gasteiger partial charge in [-0.15, -0.1) is 0 Å². The first kappa shape index (κ1) is 20.3. The van der Waals surface area contributed by atoms with Gasteiger partial charge in [0.05, 0.1) is 12.1 Å². The summed E-state index contributed by atoms with van der Waals surface area (Å²) in [5, 5.41) is 8.99. The van der Waals surface area contributed by atoms with Crippen LogP contribution in [0.2, 0.25) is 0 Å². The van der Waals surface area contributed by atoms with Crippen molar-refractivity contribution in [3.8, 4) is 5.75 Å². The Morgan fingerprint density at radius 2 is 1.81 bits per heavy atom. The molecule has 0 unspecified atom stereocenters. The van der Waals surface area contributed by atoms with Crippen molar-refractivity contribution in [3.63, 3.8) is 0 Å². The molecular formula is C23H27NO3. The molecule has 0 saturated heterocycles. The number of carboxylic acid groups (broad SMARTS) is 1. The maximum absolute atomic E-state index is 11.0. The fourth-order valence-electron chi connectivity index (χ4n) is 2.74. The molecule has 0 bridgehead atoms. The van der Waals surface area contributed by atoms with Crippen molar-refractivity contribution in [1.29, 1.82) is 0 Å². The monoisotopic (exact) mass is 365 g/mol. The summed E-state index contributed by atoms with van der Waals surface area (Å²) >= 11 is 0. The molecule has 0 fully saturated rings. The molecule has 0 atom stereocenters. The lowest BCUT2D eigenvalue weighted by atomic mass is 10.2. The van der Waals surface area contributed by atoms with Gasteiger partial charge in [0.25, 0.3) is 0 Å². The molecular weight excluding hydrogens is 338 g/mol. The molecule has 0 aliphatic rings. The summed E-state index contributed by atoms with van der Waals surface area (Å²) in [6, 6.07) is 17.9. The second-order valence-corrected chi connectivity index (χ2v) is 6.19. The van der Waals surface area contributed by atoms with Gasteiger partial charge in [0.2, 0.25) is 0 Å². The standard InChI is InChI=1S/C23H27NO3/c1-3-4-10-17-24(19(2)15-16-23(25)26)21-13-8-9-14-22(21)27-18-20-11-6-5-7-12-20/h3-9,11-15H,10,16-18H2,1-2H3,(H,25,26)/b4-3-,19-15-. The normalized spacial score (nSPS) is 11.6. The number of benzene rings is 2. The van der Waals surface area contributed by atoms with E-state index in [1.165, 1.54) is 0 Å². The summed E-state index contributed by atoms with van der Waals surface area (Å²) in [6.07, 6.45) is 6.73. The summed E-state index contributed by atoms with van der Waals surface area (Å²) < 4.78 is 6.08. The van der Waals surface area contributed by atoms with E-state index in [1.54, 1.807) is 6.08 Å². The number of aliphatic carboxylic acids is 1. The molecule has 0 saturated carbocycles. The average Bonchev–Trinajstić information content (AvgIpc) is 2.69. The second-order valence-electron chi connectivity index (χ2n) is 6.19. The molecule has 27 heavy (non-hydrogen) atoms. The number of rotatable bonds is 10. The fraction of sp³-hybridized carbons (Fsp3) is 0.261. The highest BCUT2D eigenvalue weighted by Crippen LogP contribution is 2.31. The maximum Gasteiger partial charge on any atom is 0.307 e. The number of nitrogens with zero attached hydrogens (tertiary/aromatic N) is 1. The lowest BCUT2D eigenvalue weighted by molar-refractivity contribution is -0.136. The van der Waals surface area contributed by atoms with Gasteiger partial charge in [-0.1, -0.05) is 60.7 Å². The molecule has 4 heteroatoms. The molecule has 4 nitrogen and oxygen atoms in total. The summed E-state index contributed by atoms with van der Waals surface area (Å²) in [5.41, 5.74) is 2.95. The zero-order valence-corrected chi connectivity index (χ0v) is 16.0. The lowest BCUT2D eigenvalue weighted by Crippen LogP contribution is -2.23. The maximum atomic E-state index is 11.0. The van der Waals surface area contributed by atoms with E-state index in [9.17, 15) is 4.79 Å². The van der Waals surface area contributed by atoms with E-state index in [0.29, 0.717) is 6.61 Å². The SMILES string of the molecule is C/C=C\CCN(/C(C)=C\CC(=O)O)c1ccccc1OCc1ccccc1. The summed E-state index contributed by atoms with van der Waals surface area (Å²) in [6.45, 7) is 5.16. The average molecular weight is 365 g/mol. The number of hydrogen-bond acceptors (Lipinski definition) is 3. The third-order valence-electron chi connectivity index (χ3n) is 4.15. The van der Waals surface area contributed by atoms with Crippen molar-refractivity contribution in [3.05, 3.63) is 84.1 Å². The van der Waals surface area contributed by atoms with Crippen LogP contribution in [0.15, 0.2) is 78.5 Å². The lowest BCUT2D eigenvalue weighted by Gasteiger charge is -2.27. The Morgan fingerprint density at radius 1 is 1.11 bits per heavy atom. The van der Waals surface area contributed by atoms with Gasteiger partial charge in [0.15, 0.2) is 0 Å². The van der Waals surface area contributed by atoms with Gasteiger partial charge >= 0.3 is 5.97 Å². The van der Waals surface area contributed by atoms with Crippen LogP contribution in [0.1, 0.15) is 32.3 Å². The topological polar surface area (TPSA) is 49.8 Å². The second kappa shape index (κ2) is 10.9. The quantitative estimate of drug-likeness (QED) is 0.571. The van der Waals surface area contributed by atoms with E-state index in [-0.39, 0.29) is 6.42 Å². The van der Waals surface area contributed by atoms with Crippen molar-refractivity contribution in [2.24, 2.45) is 0 Å². The molecule has 0 spiro atoms. The van der Waals surface area contributed by atoms with E-state index >= 15 is 0 Å². The van der Waals surface area contributed by atoms with Crippen LogP contribution in [0.4, 0.5) is 5.69 Å². The minimum Gasteiger partial charge on any atom is -0.487 e. The van der Waals surface area contributed by atoms with Crippen LogP contribution in [-0.4, -0.2) is 17.6 Å². The molecule has 2 aromatic rings. The number of ether oxygens (including phenoxy) is 1. The van der Waals surface area contributed by atoms with Crippen molar-refractivity contribution in [2.75, 3.05) is 11.4 Å². The molecule has 0 aromatic heterocycles. The van der Waals surface area contributed by atoms with Gasteiger partial charge in [-0.2, -0.15) is 0 Å². The Morgan fingerprint density at radius 3 is 2.52 bits per heavy atom. The molecule has 0 radical (unpaired) electrons. The zero-order chi connectivity index (χ0) is 19.5. The molecule has 2 rings (SSSR count). The highest BCUT2D eigenvalue weighted by Gasteiger charge is 2.14. The first-order chi connectivity index (χ1) is 13.1. The molecule has 0 aliphatic heterocycles. The van der Waals surface area contributed by atoms with Crippen molar-refractivity contribution in [1.82, 2.24) is 0 Å². The largest absolute Gasteiger partial charge is 0.487 e. The molecule has 1 N–H and O–H groups in total. The van der Waals surface area contributed by atoms with Gasteiger partial charge in [0, 0.05) is 12.2 Å². The highest BCUT2D eigenvalue weighted by molar-refractivity contribution is 5.69. The van der Waals surface area contributed by atoms with E-state index in [4.69, 9.17) is 9.84 Å². The highest BCUT2D eigenvalue weighted by atomic mass is 16.5. The summed E-state index contributed by atoms with van der Waals surface area (Å²) in [5.74, 6) is -0.0544.